The number of phenolic OH excluding ortho intramolecular Hbond substituents is 2. The van der Waals surface area contributed by atoms with Crippen molar-refractivity contribution in [3.05, 3.63) is 59.2 Å². The van der Waals surface area contributed by atoms with Crippen molar-refractivity contribution < 1.29 is 20.1 Å². The van der Waals surface area contributed by atoms with Crippen molar-refractivity contribution in [2.45, 2.75) is 30.6 Å². The molecule has 26 heavy (non-hydrogen) atoms. The fourth-order valence-electron chi connectivity index (χ4n) is 1.99. The zero-order valence-electron chi connectivity index (χ0n) is 14.2. The number of carbonyl (C=O) groups is 1. The van der Waals surface area contributed by atoms with Gasteiger partial charge in [0.05, 0.1) is 0 Å². The number of carboxylic acids is 1. The van der Waals surface area contributed by atoms with Gasteiger partial charge in [-0.1, -0.05) is 30.3 Å². The minimum Gasteiger partial charge on any atom is -0.504 e. The Kier molecular flexibility index (Phi) is 8.68. The molecule has 0 unspecified atom stereocenters. The summed E-state index contributed by atoms with van der Waals surface area (Å²) in [4.78, 5) is 11.0. The Labute approximate surface area is 162 Å². The molecule has 0 radical (unpaired) electrons. The number of benzene rings is 2. The SMILES string of the molecule is C[C@@](Cc1ccc(O)c(O)c1)(NN)C(=O)O.ClCc1ccc(CCl)cc1. The fourth-order valence-corrected chi connectivity index (χ4v) is 2.35. The highest BCUT2D eigenvalue weighted by atomic mass is 35.5. The van der Waals surface area contributed by atoms with Crippen LogP contribution in [0.3, 0.4) is 0 Å². The Hall–Kier alpha value is -1.99. The summed E-state index contributed by atoms with van der Waals surface area (Å²) in [5.74, 6) is 4.69. The van der Waals surface area contributed by atoms with Crippen LogP contribution in [0.4, 0.5) is 0 Å². The van der Waals surface area contributed by atoms with Crippen molar-refractivity contribution in [3.63, 3.8) is 0 Å². The number of halogens is 2. The van der Waals surface area contributed by atoms with Crippen LogP contribution in [-0.2, 0) is 23.0 Å². The fraction of sp³-hybridized carbons (Fsp3) is 0.278. The summed E-state index contributed by atoms with van der Waals surface area (Å²) in [5.41, 5.74) is 3.72. The molecule has 0 amide bonds. The first-order chi connectivity index (χ1) is 12.3. The van der Waals surface area contributed by atoms with Crippen molar-refractivity contribution in [1.82, 2.24) is 5.43 Å². The first kappa shape index (κ1) is 22.1. The molecule has 2 aromatic carbocycles. The Morgan fingerprint density at radius 3 is 1.81 bits per heavy atom. The Morgan fingerprint density at radius 1 is 1.00 bits per heavy atom. The molecule has 0 heterocycles. The lowest BCUT2D eigenvalue weighted by Gasteiger charge is -2.23. The van der Waals surface area contributed by atoms with Gasteiger partial charge in [-0.05, 0) is 35.7 Å². The van der Waals surface area contributed by atoms with Gasteiger partial charge in [0.15, 0.2) is 11.5 Å². The molecule has 0 aliphatic rings. The van der Waals surface area contributed by atoms with Gasteiger partial charge in [-0.3, -0.25) is 10.6 Å². The number of rotatable bonds is 6. The number of hydrazine groups is 1. The van der Waals surface area contributed by atoms with Crippen LogP contribution in [0.25, 0.3) is 0 Å². The summed E-state index contributed by atoms with van der Waals surface area (Å²) >= 11 is 11.2. The number of aliphatic carboxylic acids is 1. The van der Waals surface area contributed by atoms with E-state index in [1.54, 1.807) is 0 Å². The number of hydrogen-bond donors (Lipinski definition) is 5. The molecule has 6 N–H and O–H groups in total. The Morgan fingerprint density at radius 2 is 1.46 bits per heavy atom. The molecule has 0 saturated carbocycles. The van der Waals surface area contributed by atoms with Gasteiger partial charge in [-0.25, -0.2) is 5.43 Å². The van der Waals surface area contributed by atoms with E-state index >= 15 is 0 Å². The van der Waals surface area contributed by atoms with Gasteiger partial charge < -0.3 is 15.3 Å². The molecule has 0 saturated heterocycles. The molecular formula is C18H22Cl2N2O4. The molecule has 142 valence electrons. The van der Waals surface area contributed by atoms with Crippen LogP contribution in [-0.4, -0.2) is 26.8 Å². The van der Waals surface area contributed by atoms with Crippen molar-refractivity contribution in [2.75, 3.05) is 0 Å². The molecule has 0 aromatic heterocycles. The van der Waals surface area contributed by atoms with Gasteiger partial charge in [0, 0.05) is 18.2 Å². The second-order valence-corrected chi connectivity index (χ2v) is 6.40. The smallest absolute Gasteiger partial charge is 0.325 e. The number of hydrogen-bond acceptors (Lipinski definition) is 5. The predicted molar refractivity (Wildman–Crippen MR) is 102 cm³/mol. The second kappa shape index (κ2) is 10.2. The van der Waals surface area contributed by atoms with Crippen LogP contribution < -0.4 is 11.3 Å². The van der Waals surface area contributed by atoms with E-state index in [1.807, 2.05) is 24.3 Å². The van der Waals surface area contributed by atoms with Gasteiger partial charge in [-0.15, -0.1) is 23.2 Å². The third-order valence-corrected chi connectivity index (χ3v) is 4.34. The summed E-state index contributed by atoms with van der Waals surface area (Å²) in [6.45, 7) is 1.43. The molecule has 0 aliphatic carbocycles. The van der Waals surface area contributed by atoms with E-state index in [-0.39, 0.29) is 17.9 Å². The minimum absolute atomic E-state index is 0.0900. The third-order valence-electron chi connectivity index (χ3n) is 3.72. The Bertz CT molecular complexity index is 703. The van der Waals surface area contributed by atoms with Crippen molar-refractivity contribution in [1.29, 1.82) is 0 Å². The van der Waals surface area contributed by atoms with E-state index in [0.717, 1.165) is 11.1 Å². The van der Waals surface area contributed by atoms with E-state index in [9.17, 15) is 9.90 Å². The summed E-state index contributed by atoms with van der Waals surface area (Å²) < 4.78 is 0. The summed E-state index contributed by atoms with van der Waals surface area (Å²) in [6.07, 6.45) is 0.0900. The molecule has 1 atom stereocenters. The Balaban J connectivity index is 0.000000289. The number of phenols is 2. The average molecular weight is 401 g/mol. The van der Waals surface area contributed by atoms with Gasteiger partial charge in [0.2, 0.25) is 0 Å². The molecule has 0 fully saturated rings. The zero-order chi connectivity index (χ0) is 19.7. The highest BCUT2D eigenvalue weighted by Gasteiger charge is 2.32. The molecule has 0 bridgehead atoms. The summed E-state index contributed by atoms with van der Waals surface area (Å²) in [6, 6.07) is 12.1. The standard InChI is InChI=1S/C10H14N2O4.C8H8Cl2/c1-10(12-11,9(15)16)5-6-2-3-7(13)8(14)4-6;9-5-7-1-2-8(6-10)4-3-7/h2-4,12-14H,5,11H2,1H3,(H,15,16);1-4H,5-6H2/t10-;/m0./s1. The van der Waals surface area contributed by atoms with Crippen molar-refractivity contribution in [3.8, 4) is 11.5 Å². The van der Waals surface area contributed by atoms with Gasteiger partial charge in [0.25, 0.3) is 0 Å². The lowest BCUT2D eigenvalue weighted by atomic mass is 9.93. The molecular weight excluding hydrogens is 379 g/mol. The van der Waals surface area contributed by atoms with Gasteiger partial charge >= 0.3 is 5.97 Å². The molecule has 6 nitrogen and oxygen atoms in total. The molecule has 8 heteroatoms. The third kappa shape index (κ3) is 6.38. The topological polar surface area (TPSA) is 116 Å². The monoisotopic (exact) mass is 400 g/mol. The zero-order valence-corrected chi connectivity index (χ0v) is 15.8. The van der Waals surface area contributed by atoms with E-state index in [2.05, 4.69) is 5.43 Å². The van der Waals surface area contributed by atoms with Crippen LogP contribution in [0.5, 0.6) is 11.5 Å². The molecule has 2 rings (SSSR count). The van der Waals surface area contributed by atoms with Crippen LogP contribution in [0.1, 0.15) is 23.6 Å². The largest absolute Gasteiger partial charge is 0.504 e. The predicted octanol–water partition coefficient (Wildman–Crippen LogP) is 3.11. The van der Waals surface area contributed by atoms with Gasteiger partial charge in [-0.2, -0.15) is 0 Å². The van der Waals surface area contributed by atoms with Gasteiger partial charge in [0.1, 0.15) is 5.54 Å². The molecule has 0 spiro atoms. The van der Waals surface area contributed by atoms with Crippen molar-refractivity contribution >= 4 is 29.2 Å². The second-order valence-electron chi connectivity index (χ2n) is 5.87. The van der Waals surface area contributed by atoms with Crippen LogP contribution >= 0.6 is 23.2 Å². The number of alkyl halides is 2. The van der Waals surface area contributed by atoms with Crippen LogP contribution in [0, 0.1) is 0 Å². The molecule has 2 aromatic rings. The maximum Gasteiger partial charge on any atom is 0.325 e. The number of nitrogens with two attached hydrogens (primary N) is 1. The summed E-state index contributed by atoms with van der Waals surface area (Å²) in [5, 5.41) is 27.3. The highest BCUT2D eigenvalue weighted by molar-refractivity contribution is 6.17. The number of nitrogens with one attached hydrogen (secondary N) is 1. The number of aromatic hydroxyl groups is 2. The highest BCUT2D eigenvalue weighted by Crippen LogP contribution is 2.26. The van der Waals surface area contributed by atoms with E-state index in [4.69, 9.17) is 39.3 Å². The van der Waals surface area contributed by atoms with Crippen LogP contribution in [0.2, 0.25) is 0 Å². The van der Waals surface area contributed by atoms with E-state index < -0.39 is 11.5 Å². The lowest BCUT2D eigenvalue weighted by Crippen LogP contribution is -2.54. The number of carboxylic acid groups (broad SMARTS) is 1. The van der Waals surface area contributed by atoms with E-state index in [0.29, 0.717) is 17.3 Å². The van der Waals surface area contributed by atoms with Crippen molar-refractivity contribution in [2.24, 2.45) is 5.84 Å². The molecule has 0 aliphatic heterocycles. The average Bonchev–Trinajstić information content (AvgIpc) is 2.65. The maximum atomic E-state index is 11.0. The van der Waals surface area contributed by atoms with Crippen LogP contribution in [0.15, 0.2) is 42.5 Å². The van der Waals surface area contributed by atoms with E-state index in [1.165, 1.54) is 25.1 Å². The first-order valence-corrected chi connectivity index (χ1v) is 8.74. The quantitative estimate of drug-likeness (QED) is 0.220. The summed E-state index contributed by atoms with van der Waals surface area (Å²) in [7, 11) is 0. The normalized spacial score (nSPS) is 12.6. The maximum absolute atomic E-state index is 11.0. The lowest BCUT2D eigenvalue weighted by molar-refractivity contribution is -0.144. The minimum atomic E-state index is -1.32. The first-order valence-electron chi connectivity index (χ1n) is 7.67.